The number of aliphatic hydroxyl groups excluding tert-OH is 1. The Kier molecular flexibility index (Phi) is 4.11. The maximum Gasteiger partial charge on any atom is 0.268 e. The molecule has 2 aromatic heterocycles. The van der Waals surface area contributed by atoms with E-state index in [0.717, 1.165) is 5.52 Å². The fourth-order valence-corrected chi connectivity index (χ4v) is 2.60. The highest BCUT2D eigenvalue weighted by atomic mass is 32.1. The summed E-state index contributed by atoms with van der Waals surface area (Å²) < 4.78 is 0.663. The highest BCUT2D eigenvalue weighted by Gasteiger charge is 2.08. The smallest absolute Gasteiger partial charge is 0.268 e. The van der Waals surface area contributed by atoms with E-state index in [0.29, 0.717) is 23.5 Å². The second kappa shape index (κ2) is 5.60. The minimum absolute atomic E-state index is 0.0880. The van der Waals surface area contributed by atoms with Gasteiger partial charge < -0.3 is 15.4 Å². The standard InChI is InChI=1S/C12H17N3O2S/c1-7(5-8(2)16)13-6-10-14-9-3-4-18-11(9)12(17)15-10/h3-4,7-8,13,16H,5-6H2,1-2H3,(H,14,15,17). The van der Waals surface area contributed by atoms with Gasteiger partial charge in [0.05, 0.1) is 18.2 Å². The lowest BCUT2D eigenvalue weighted by molar-refractivity contribution is 0.170. The first-order valence-corrected chi connectivity index (χ1v) is 6.82. The Bertz CT molecular complexity index is 576. The van der Waals surface area contributed by atoms with E-state index in [4.69, 9.17) is 0 Å². The zero-order valence-corrected chi connectivity index (χ0v) is 11.3. The van der Waals surface area contributed by atoms with Gasteiger partial charge in [0.2, 0.25) is 0 Å². The predicted octanol–water partition coefficient (Wildman–Crippen LogP) is 1.23. The van der Waals surface area contributed by atoms with Crippen LogP contribution in [0.2, 0.25) is 0 Å². The average molecular weight is 267 g/mol. The summed E-state index contributed by atoms with van der Waals surface area (Å²) in [5.41, 5.74) is 0.652. The molecule has 2 aromatic rings. The summed E-state index contributed by atoms with van der Waals surface area (Å²) >= 11 is 1.40. The summed E-state index contributed by atoms with van der Waals surface area (Å²) in [5.74, 6) is 0.628. The largest absolute Gasteiger partial charge is 0.393 e. The molecule has 5 nitrogen and oxygen atoms in total. The molecule has 0 aromatic carbocycles. The monoisotopic (exact) mass is 267 g/mol. The van der Waals surface area contributed by atoms with Crippen LogP contribution in [0.25, 0.3) is 10.2 Å². The summed E-state index contributed by atoms with van der Waals surface area (Å²) in [7, 11) is 0. The minimum atomic E-state index is -0.334. The normalized spacial score (nSPS) is 14.8. The van der Waals surface area contributed by atoms with Crippen LogP contribution in [0.5, 0.6) is 0 Å². The van der Waals surface area contributed by atoms with Crippen molar-refractivity contribution in [1.29, 1.82) is 0 Å². The molecule has 2 unspecified atom stereocenters. The lowest BCUT2D eigenvalue weighted by Crippen LogP contribution is -2.30. The fourth-order valence-electron chi connectivity index (χ4n) is 1.87. The number of aliphatic hydroxyl groups is 1. The number of thiophene rings is 1. The van der Waals surface area contributed by atoms with Crippen molar-refractivity contribution < 1.29 is 5.11 Å². The van der Waals surface area contributed by atoms with E-state index in [1.165, 1.54) is 11.3 Å². The first-order valence-electron chi connectivity index (χ1n) is 5.94. The number of fused-ring (bicyclic) bond motifs is 1. The second-order valence-electron chi connectivity index (χ2n) is 4.51. The number of hydrogen-bond donors (Lipinski definition) is 3. The van der Waals surface area contributed by atoms with Crippen molar-refractivity contribution in [3.05, 3.63) is 27.6 Å². The zero-order valence-electron chi connectivity index (χ0n) is 10.4. The van der Waals surface area contributed by atoms with Gasteiger partial charge >= 0.3 is 0 Å². The molecular formula is C12H17N3O2S. The highest BCUT2D eigenvalue weighted by Crippen LogP contribution is 2.13. The topological polar surface area (TPSA) is 78.0 Å². The summed E-state index contributed by atoms with van der Waals surface area (Å²) in [5, 5.41) is 14.4. The van der Waals surface area contributed by atoms with Crippen molar-refractivity contribution in [1.82, 2.24) is 15.3 Å². The van der Waals surface area contributed by atoms with Crippen molar-refractivity contribution >= 4 is 21.6 Å². The van der Waals surface area contributed by atoms with Crippen LogP contribution < -0.4 is 10.9 Å². The minimum Gasteiger partial charge on any atom is -0.393 e. The summed E-state index contributed by atoms with van der Waals surface area (Å²) in [6, 6.07) is 2.02. The Morgan fingerprint density at radius 1 is 1.56 bits per heavy atom. The lowest BCUT2D eigenvalue weighted by atomic mass is 10.1. The molecule has 2 rings (SSSR count). The van der Waals surface area contributed by atoms with Gasteiger partial charge in [-0.3, -0.25) is 4.79 Å². The van der Waals surface area contributed by atoms with Crippen LogP contribution in [0.4, 0.5) is 0 Å². The molecule has 98 valence electrons. The summed E-state index contributed by atoms with van der Waals surface area (Å²) in [6.07, 6.45) is 0.337. The van der Waals surface area contributed by atoms with Gasteiger partial charge in [-0.15, -0.1) is 11.3 Å². The number of aromatic amines is 1. The van der Waals surface area contributed by atoms with Crippen molar-refractivity contribution in [2.45, 2.75) is 39.0 Å². The molecule has 6 heteroatoms. The van der Waals surface area contributed by atoms with Crippen LogP contribution in [0.15, 0.2) is 16.2 Å². The Morgan fingerprint density at radius 3 is 3.06 bits per heavy atom. The van der Waals surface area contributed by atoms with Crippen LogP contribution in [0.3, 0.4) is 0 Å². The Morgan fingerprint density at radius 2 is 2.33 bits per heavy atom. The van der Waals surface area contributed by atoms with Crippen LogP contribution in [0.1, 0.15) is 26.1 Å². The fraction of sp³-hybridized carbons (Fsp3) is 0.500. The lowest BCUT2D eigenvalue weighted by Gasteiger charge is -2.14. The molecule has 0 radical (unpaired) electrons. The van der Waals surface area contributed by atoms with E-state index in [1.54, 1.807) is 6.92 Å². The third-order valence-electron chi connectivity index (χ3n) is 2.68. The number of rotatable bonds is 5. The average Bonchev–Trinajstić information content (AvgIpc) is 2.74. The number of nitrogens with zero attached hydrogens (tertiary/aromatic N) is 1. The molecule has 0 fully saturated rings. The maximum atomic E-state index is 11.7. The summed E-state index contributed by atoms with van der Waals surface area (Å²) in [6.45, 7) is 4.25. The van der Waals surface area contributed by atoms with E-state index in [1.807, 2.05) is 18.4 Å². The molecule has 0 spiro atoms. The molecule has 0 saturated carbocycles. The van der Waals surface area contributed by atoms with Gasteiger partial charge in [0.25, 0.3) is 5.56 Å². The van der Waals surface area contributed by atoms with Crippen molar-refractivity contribution in [2.24, 2.45) is 0 Å². The third-order valence-corrected chi connectivity index (χ3v) is 3.58. The van der Waals surface area contributed by atoms with E-state index in [-0.39, 0.29) is 17.7 Å². The quantitative estimate of drug-likeness (QED) is 0.761. The van der Waals surface area contributed by atoms with E-state index in [9.17, 15) is 9.90 Å². The maximum absolute atomic E-state index is 11.7. The molecule has 2 atom stereocenters. The van der Waals surface area contributed by atoms with Crippen LogP contribution in [-0.4, -0.2) is 27.2 Å². The first kappa shape index (κ1) is 13.2. The molecule has 2 heterocycles. The molecule has 0 saturated heterocycles. The Balaban J connectivity index is 2.05. The van der Waals surface area contributed by atoms with E-state index in [2.05, 4.69) is 15.3 Å². The van der Waals surface area contributed by atoms with Gasteiger partial charge in [0.15, 0.2) is 0 Å². The Labute approximate surface area is 109 Å². The van der Waals surface area contributed by atoms with Gasteiger partial charge in [0.1, 0.15) is 10.5 Å². The number of H-pyrrole nitrogens is 1. The van der Waals surface area contributed by atoms with Crippen LogP contribution in [-0.2, 0) is 6.54 Å². The molecule has 0 bridgehead atoms. The van der Waals surface area contributed by atoms with Gasteiger partial charge in [-0.05, 0) is 31.7 Å². The number of hydrogen-bond acceptors (Lipinski definition) is 5. The second-order valence-corrected chi connectivity index (χ2v) is 5.43. The molecule has 0 amide bonds. The van der Waals surface area contributed by atoms with Crippen molar-refractivity contribution in [3.8, 4) is 0 Å². The predicted molar refractivity (Wildman–Crippen MR) is 72.8 cm³/mol. The zero-order chi connectivity index (χ0) is 13.1. The summed E-state index contributed by atoms with van der Waals surface area (Å²) in [4.78, 5) is 18.9. The van der Waals surface area contributed by atoms with Crippen molar-refractivity contribution in [3.63, 3.8) is 0 Å². The van der Waals surface area contributed by atoms with E-state index >= 15 is 0 Å². The van der Waals surface area contributed by atoms with Gasteiger partial charge in [-0.25, -0.2) is 4.98 Å². The van der Waals surface area contributed by atoms with Gasteiger partial charge in [-0.1, -0.05) is 0 Å². The van der Waals surface area contributed by atoms with Crippen molar-refractivity contribution in [2.75, 3.05) is 0 Å². The molecule has 3 N–H and O–H groups in total. The molecular weight excluding hydrogens is 250 g/mol. The molecule has 18 heavy (non-hydrogen) atoms. The van der Waals surface area contributed by atoms with Gasteiger partial charge in [-0.2, -0.15) is 0 Å². The molecule has 0 aliphatic rings. The molecule has 0 aliphatic heterocycles. The highest BCUT2D eigenvalue weighted by molar-refractivity contribution is 7.17. The SMILES string of the molecule is CC(O)CC(C)NCc1nc2ccsc2c(=O)[nH]1. The Hall–Kier alpha value is -1.24. The molecule has 0 aliphatic carbocycles. The van der Waals surface area contributed by atoms with Gasteiger partial charge in [0, 0.05) is 6.04 Å². The third kappa shape index (κ3) is 3.16. The van der Waals surface area contributed by atoms with Crippen LogP contribution in [0, 0.1) is 0 Å². The van der Waals surface area contributed by atoms with E-state index < -0.39 is 0 Å². The number of nitrogens with one attached hydrogen (secondary N) is 2. The first-order chi connectivity index (χ1) is 8.56. The van der Waals surface area contributed by atoms with Crippen LogP contribution >= 0.6 is 11.3 Å². The number of aromatic nitrogens is 2.